The van der Waals surface area contributed by atoms with Gasteiger partial charge in [0, 0.05) is 16.8 Å². The van der Waals surface area contributed by atoms with Gasteiger partial charge in [-0.2, -0.15) is 0 Å². The SMILES string of the molecule is Cc1ccc(C(=O)NC(C)(C)C)cc1NC(=O)c1ccco1. The summed E-state index contributed by atoms with van der Waals surface area (Å²) in [5.41, 5.74) is 1.63. The Kier molecular flexibility index (Phi) is 4.35. The lowest BCUT2D eigenvalue weighted by Gasteiger charge is -2.21. The third-order valence-electron chi connectivity index (χ3n) is 2.98. The van der Waals surface area contributed by atoms with Crippen molar-refractivity contribution in [3.05, 3.63) is 53.5 Å². The molecule has 0 aliphatic rings. The number of benzene rings is 1. The number of hydrogen-bond donors (Lipinski definition) is 2. The van der Waals surface area contributed by atoms with Crippen molar-refractivity contribution in [2.75, 3.05) is 5.32 Å². The summed E-state index contributed by atoms with van der Waals surface area (Å²) in [6.45, 7) is 7.61. The summed E-state index contributed by atoms with van der Waals surface area (Å²) in [6.07, 6.45) is 1.44. The number of aryl methyl sites for hydroxylation is 1. The van der Waals surface area contributed by atoms with Gasteiger partial charge in [0.1, 0.15) is 0 Å². The molecule has 2 N–H and O–H groups in total. The molecule has 0 radical (unpaired) electrons. The third kappa shape index (κ3) is 3.97. The standard InChI is InChI=1S/C17H20N2O3/c1-11-7-8-12(15(20)19-17(2,3)4)10-13(11)18-16(21)14-6-5-9-22-14/h5-10H,1-4H3,(H,18,21)(H,19,20). The van der Waals surface area contributed by atoms with E-state index < -0.39 is 0 Å². The molecule has 5 heteroatoms. The Hall–Kier alpha value is -2.56. The first kappa shape index (κ1) is 15.8. The molecule has 1 heterocycles. The minimum absolute atomic E-state index is 0.180. The van der Waals surface area contributed by atoms with E-state index in [1.807, 2.05) is 27.7 Å². The second-order valence-corrected chi connectivity index (χ2v) is 6.17. The normalized spacial score (nSPS) is 11.1. The summed E-state index contributed by atoms with van der Waals surface area (Å²) in [5, 5.41) is 5.65. The molecule has 0 atom stereocenters. The molecule has 0 saturated heterocycles. The summed E-state index contributed by atoms with van der Waals surface area (Å²) in [5.74, 6) is -0.300. The first-order valence-electron chi connectivity index (χ1n) is 7.04. The van der Waals surface area contributed by atoms with E-state index in [1.165, 1.54) is 6.26 Å². The van der Waals surface area contributed by atoms with Crippen LogP contribution in [0.3, 0.4) is 0 Å². The Morgan fingerprint density at radius 3 is 2.41 bits per heavy atom. The van der Waals surface area contributed by atoms with Gasteiger partial charge in [-0.05, 0) is 57.5 Å². The molecule has 0 aliphatic heterocycles. The Labute approximate surface area is 129 Å². The maximum atomic E-state index is 12.2. The van der Waals surface area contributed by atoms with Gasteiger partial charge in [0.25, 0.3) is 11.8 Å². The van der Waals surface area contributed by atoms with Gasteiger partial charge in [-0.3, -0.25) is 9.59 Å². The summed E-state index contributed by atoms with van der Waals surface area (Å²) in [4.78, 5) is 24.2. The zero-order valence-electron chi connectivity index (χ0n) is 13.2. The van der Waals surface area contributed by atoms with Gasteiger partial charge in [-0.15, -0.1) is 0 Å². The molecular weight excluding hydrogens is 280 g/mol. The Bertz CT molecular complexity index is 682. The van der Waals surface area contributed by atoms with E-state index in [0.29, 0.717) is 11.3 Å². The van der Waals surface area contributed by atoms with Gasteiger partial charge in [0.2, 0.25) is 0 Å². The van der Waals surface area contributed by atoms with Crippen LogP contribution in [0.4, 0.5) is 5.69 Å². The highest BCUT2D eigenvalue weighted by Crippen LogP contribution is 2.19. The van der Waals surface area contributed by atoms with Gasteiger partial charge < -0.3 is 15.1 Å². The number of hydrogen-bond acceptors (Lipinski definition) is 3. The van der Waals surface area contributed by atoms with Crippen molar-refractivity contribution >= 4 is 17.5 Å². The van der Waals surface area contributed by atoms with Crippen LogP contribution in [0, 0.1) is 6.92 Å². The zero-order valence-corrected chi connectivity index (χ0v) is 13.2. The topological polar surface area (TPSA) is 71.3 Å². The smallest absolute Gasteiger partial charge is 0.291 e. The van der Waals surface area contributed by atoms with Crippen molar-refractivity contribution in [2.45, 2.75) is 33.2 Å². The van der Waals surface area contributed by atoms with Crippen LogP contribution in [-0.2, 0) is 0 Å². The fourth-order valence-corrected chi connectivity index (χ4v) is 1.90. The van der Waals surface area contributed by atoms with Crippen LogP contribution in [0.5, 0.6) is 0 Å². The number of carbonyl (C=O) groups is 2. The molecule has 0 spiro atoms. The number of furan rings is 1. The molecule has 2 amide bonds. The predicted octanol–water partition coefficient (Wildman–Crippen LogP) is 3.37. The number of anilines is 1. The average Bonchev–Trinajstić information content (AvgIpc) is 2.93. The van der Waals surface area contributed by atoms with Crippen LogP contribution in [0.25, 0.3) is 0 Å². The number of nitrogens with one attached hydrogen (secondary N) is 2. The maximum Gasteiger partial charge on any atom is 0.291 e. The number of rotatable bonds is 3. The highest BCUT2D eigenvalue weighted by molar-refractivity contribution is 6.04. The van der Waals surface area contributed by atoms with Crippen LogP contribution in [0.2, 0.25) is 0 Å². The molecule has 116 valence electrons. The molecule has 0 fully saturated rings. The van der Waals surface area contributed by atoms with E-state index in [9.17, 15) is 9.59 Å². The predicted molar refractivity (Wildman–Crippen MR) is 85.1 cm³/mol. The van der Waals surface area contributed by atoms with E-state index in [-0.39, 0.29) is 23.1 Å². The van der Waals surface area contributed by atoms with Gasteiger partial charge >= 0.3 is 0 Å². The van der Waals surface area contributed by atoms with Crippen LogP contribution < -0.4 is 10.6 Å². The maximum absolute atomic E-state index is 12.2. The van der Waals surface area contributed by atoms with E-state index in [1.54, 1.807) is 30.3 Å². The molecule has 2 rings (SSSR count). The fraction of sp³-hybridized carbons (Fsp3) is 0.294. The molecule has 22 heavy (non-hydrogen) atoms. The summed E-state index contributed by atoms with van der Waals surface area (Å²) in [7, 11) is 0. The van der Waals surface area contributed by atoms with Crippen molar-refractivity contribution < 1.29 is 14.0 Å². The molecule has 1 aromatic heterocycles. The highest BCUT2D eigenvalue weighted by atomic mass is 16.3. The lowest BCUT2D eigenvalue weighted by Crippen LogP contribution is -2.40. The average molecular weight is 300 g/mol. The van der Waals surface area contributed by atoms with Crippen LogP contribution in [0.1, 0.15) is 47.2 Å². The molecule has 5 nitrogen and oxygen atoms in total. The van der Waals surface area contributed by atoms with Crippen molar-refractivity contribution in [3.63, 3.8) is 0 Å². The van der Waals surface area contributed by atoms with E-state index in [4.69, 9.17) is 4.42 Å². The summed E-state index contributed by atoms with van der Waals surface area (Å²) in [6, 6.07) is 8.43. The van der Waals surface area contributed by atoms with Gasteiger partial charge in [0.15, 0.2) is 5.76 Å². The van der Waals surface area contributed by atoms with E-state index in [0.717, 1.165) is 5.56 Å². The summed E-state index contributed by atoms with van der Waals surface area (Å²) >= 11 is 0. The third-order valence-corrected chi connectivity index (χ3v) is 2.98. The van der Waals surface area contributed by atoms with Crippen molar-refractivity contribution in [3.8, 4) is 0 Å². The van der Waals surface area contributed by atoms with Crippen LogP contribution >= 0.6 is 0 Å². The van der Waals surface area contributed by atoms with Gasteiger partial charge in [0.05, 0.1) is 6.26 Å². The lowest BCUT2D eigenvalue weighted by atomic mass is 10.1. The first-order chi connectivity index (χ1) is 10.3. The Morgan fingerprint density at radius 1 is 1.09 bits per heavy atom. The lowest BCUT2D eigenvalue weighted by molar-refractivity contribution is 0.0918. The molecule has 0 aliphatic carbocycles. The number of amides is 2. The Morgan fingerprint density at radius 2 is 1.82 bits per heavy atom. The van der Waals surface area contributed by atoms with Gasteiger partial charge in [-0.25, -0.2) is 0 Å². The zero-order chi connectivity index (χ0) is 16.3. The van der Waals surface area contributed by atoms with E-state index >= 15 is 0 Å². The van der Waals surface area contributed by atoms with Crippen molar-refractivity contribution in [2.24, 2.45) is 0 Å². The van der Waals surface area contributed by atoms with Crippen molar-refractivity contribution in [1.29, 1.82) is 0 Å². The Balaban J connectivity index is 2.20. The second kappa shape index (κ2) is 6.05. The second-order valence-electron chi connectivity index (χ2n) is 6.17. The molecule has 0 saturated carbocycles. The molecule has 1 aromatic carbocycles. The molecule has 2 aromatic rings. The quantitative estimate of drug-likeness (QED) is 0.913. The first-order valence-corrected chi connectivity index (χ1v) is 7.04. The van der Waals surface area contributed by atoms with Gasteiger partial charge in [-0.1, -0.05) is 6.07 Å². The number of carbonyl (C=O) groups excluding carboxylic acids is 2. The minimum Gasteiger partial charge on any atom is -0.459 e. The van der Waals surface area contributed by atoms with E-state index in [2.05, 4.69) is 10.6 Å². The molecular formula is C17H20N2O3. The van der Waals surface area contributed by atoms with Crippen LogP contribution in [-0.4, -0.2) is 17.4 Å². The highest BCUT2D eigenvalue weighted by Gasteiger charge is 2.17. The van der Waals surface area contributed by atoms with Crippen molar-refractivity contribution in [1.82, 2.24) is 5.32 Å². The minimum atomic E-state index is -0.346. The summed E-state index contributed by atoms with van der Waals surface area (Å²) < 4.78 is 5.06. The fourth-order valence-electron chi connectivity index (χ4n) is 1.90. The largest absolute Gasteiger partial charge is 0.459 e. The molecule has 0 bridgehead atoms. The monoisotopic (exact) mass is 300 g/mol. The van der Waals surface area contributed by atoms with Crippen LogP contribution in [0.15, 0.2) is 41.0 Å². The molecule has 0 unspecified atom stereocenters.